The molecule has 39 heavy (non-hydrogen) atoms. The Morgan fingerprint density at radius 1 is 0.872 bits per heavy atom. The number of rotatable bonds is 9. The van der Waals surface area contributed by atoms with Gasteiger partial charge in [0.1, 0.15) is 19.0 Å². The van der Waals surface area contributed by atoms with Crippen LogP contribution in [-0.2, 0) is 9.57 Å². The molecule has 1 aliphatic heterocycles. The summed E-state index contributed by atoms with van der Waals surface area (Å²) < 4.78 is 11.3. The van der Waals surface area contributed by atoms with Crippen LogP contribution < -0.4 is 4.74 Å². The van der Waals surface area contributed by atoms with Crippen LogP contribution >= 0.6 is 24.2 Å². The maximum Gasteiger partial charge on any atom is 0.339 e. The average molecular weight is 564 g/mol. The van der Waals surface area contributed by atoms with Crippen LogP contribution in [0.5, 0.6) is 5.75 Å². The van der Waals surface area contributed by atoms with E-state index in [4.69, 9.17) is 14.3 Å². The van der Waals surface area contributed by atoms with Gasteiger partial charge in [0.15, 0.2) is 0 Å². The second-order valence-electron chi connectivity index (χ2n) is 9.43. The summed E-state index contributed by atoms with van der Waals surface area (Å²) >= 11 is 1.53. The Morgan fingerprint density at radius 2 is 1.59 bits per heavy atom. The fourth-order valence-electron chi connectivity index (χ4n) is 5.26. The van der Waals surface area contributed by atoms with Gasteiger partial charge in [-0.05, 0) is 64.8 Å². The van der Waals surface area contributed by atoms with Gasteiger partial charge in [-0.15, -0.1) is 24.2 Å². The molecule has 7 heteroatoms. The van der Waals surface area contributed by atoms with Gasteiger partial charge in [-0.2, -0.15) is 5.06 Å². The molecule has 1 aliphatic rings. The van der Waals surface area contributed by atoms with E-state index in [-0.39, 0.29) is 25.0 Å². The van der Waals surface area contributed by atoms with Gasteiger partial charge in [-0.1, -0.05) is 66.7 Å². The third-order valence-electron chi connectivity index (χ3n) is 7.26. The normalized spacial score (nSPS) is 17.4. The number of hydrogen-bond donors (Lipinski definition) is 0. The van der Waals surface area contributed by atoms with Crippen LogP contribution in [0.2, 0.25) is 0 Å². The maximum absolute atomic E-state index is 12.4. The lowest BCUT2D eigenvalue weighted by molar-refractivity contribution is -0.148. The van der Waals surface area contributed by atoms with Crippen molar-refractivity contribution in [2.75, 3.05) is 39.7 Å². The smallest absolute Gasteiger partial charge is 0.339 e. The van der Waals surface area contributed by atoms with E-state index >= 15 is 0 Å². The highest BCUT2D eigenvalue weighted by Gasteiger charge is 2.32. The van der Waals surface area contributed by atoms with Gasteiger partial charge >= 0.3 is 5.97 Å². The lowest BCUT2D eigenvalue weighted by atomic mass is 9.77. The molecule has 0 radical (unpaired) electrons. The molecule has 2 unspecified atom stereocenters. The van der Waals surface area contributed by atoms with Gasteiger partial charge < -0.3 is 14.3 Å². The third kappa shape index (κ3) is 6.95. The fourth-order valence-corrected chi connectivity index (χ4v) is 5.85. The molecule has 0 bridgehead atoms. The van der Waals surface area contributed by atoms with Gasteiger partial charge in [-0.25, -0.2) is 4.79 Å². The minimum absolute atomic E-state index is 0. The van der Waals surface area contributed by atoms with Crippen LogP contribution in [0.25, 0.3) is 10.8 Å². The minimum atomic E-state index is -0.323. The molecule has 1 heterocycles. The van der Waals surface area contributed by atoms with Gasteiger partial charge in [0.05, 0.1) is 12.7 Å². The molecule has 0 spiro atoms. The monoisotopic (exact) mass is 563 g/mol. The number of nitrogens with zero attached hydrogens (tertiary/aromatic N) is 1. The number of hydrogen-bond acceptors (Lipinski definition) is 6. The molecule has 0 N–H and O–H groups in total. The first-order chi connectivity index (χ1) is 18.7. The standard InChI is InChI=1S/C32H33NO4S.ClH/c1-35-33-18-17-28(30(22-33)26-12-11-23-7-3-4-8-25(23)21-26)24-13-15-27(16-14-24)36-19-20-37-32(34)29-9-5-6-10-31(29)38-2;/h3-16,21,28,30H,17-20,22H2,1-2H3;1H. The summed E-state index contributed by atoms with van der Waals surface area (Å²) in [6.45, 7) is 2.25. The highest BCUT2D eigenvalue weighted by molar-refractivity contribution is 7.98. The number of fused-ring (bicyclic) bond motifs is 1. The molecule has 0 aromatic heterocycles. The first kappa shape index (κ1) is 29.0. The van der Waals surface area contributed by atoms with Crippen LogP contribution in [0.4, 0.5) is 0 Å². The predicted molar refractivity (Wildman–Crippen MR) is 160 cm³/mol. The number of halogens is 1. The second-order valence-corrected chi connectivity index (χ2v) is 10.3. The van der Waals surface area contributed by atoms with E-state index in [0.717, 1.165) is 30.2 Å². The number of thioether (sulfide) groups is 1. The Morgan fingerprint density at radius 3 is 2.36 bits per heavy atom. The van der Waals surface area contributed by atoms with Gasteiger partial charge in [0.2, 0.25) is 0 Å². The van der Waals surface area contributed by atoms with Crippen molar-refractivity contribution < 1.29 is 19.1 Å². The quantitative estimate of drug-likeness (QED) is 0.120. The van der Waals surface area contributed by atoms with Crippen LogP contribution in [0.1, 0.15) is 39.7 Å². The van der Waals surface area contributed by atoms with E-state index in [0.29, 0.717) is 24.0 Å². The minimum Gasteiger partial charge on any atom is -0.490 e. The molecular formula is C32H34ClNO4S. The molecule has 5 nitrogen and oxygen atoms in total. The Kier molecular flexibility index (Phi) is 10.3. The van der Waals surface area contributed by atoms with Gasteiger partial charge in [-0.3, -0.25) is 0 Å². The zero-order valence-electron chi connectivity index (χ0n) is 22.2. The lowest BCUT2D eigenvalue weighted by Gasteiger charge is -2.38. The molecule has 1 saturated heterocycles. The largest absolute Gasteiger partial charge is 0.490 e. The van der Waals surface area contributed by atoms with E-state index in [1.807, 2.05) is 36.6 Å². The highest BCUT2D eigenvalue weighted by Crippen LogP contribution is 2.41. The van der Waals surface area contributed by atoms with Crippen molar-refractivity contribution in [3.8, 4) is 5.75 Å². The van der Waals surface area contributed by atoms with Crippen molar-refractivity contribution in [1.29, 1.82) is 0 Å². The molecule has 0 saturated carbocycles. The SMILES string of the molecule is CON1CCC(c2ccc(OCCOC(=O)c3ccccc3SC)cc2)C(c2ccc3ccccc3c2)C1.Cl. The highest BCUT2D eigenvalue weighted by atomic mass is 35.5. The molecule has 4 aromatic rings. The maximum atomic E-state index is 12.4. The third-order valence-corrected chi connectivity index (χ3v) is 8.05. The zero-order valence-corrected chi connectivity index (χ0v) is 23.9. The Hall–Kier alpha value is -3.03. The number of carbonyl (C=O) groups is 1. The average Bonchev–Trinajstić information content (AvgIpc) is 2.99. The molecule has 5 rings (SSSR count). The summed E-state index contributed by atoms with van der Waals surface area (Å²) in [6.07, 6.45) is 2.96. The van der Waals surface area contributed by atoms with Crippen molar-refractivity contribution in [3.05, 3.63) is 108 Å². The van der Waals surface area contributed by atoms with Crippen molar-refractivity contribution in [2.45, 2.75) is 23.2 Å². The summed E-state index contributed by atoms with van der Waals surface area (Å²) in [4.78, 5) is 18.9. The topological polar surface area (TPSA) is 48.0 Å². The van der Waals surface area contributed by atoms with Crippen molar-refractivity contribution in [3.63, 3.8) is 0 Å². The number of ether oxygens (including phenoxy) is 2. The van der Waals surface area contributed by atoms with Crippen LogP contribution in [0.15, 0.2) is 95.9 Å². The Bertz CT molecular complexity index is 1380. The number of carbonyl (C=O) groups excluding carboxylic acids is 1. The van der Waals surface area contributed by atoms with E-state index in [2.05, 4.69) is 59.7 Å². The van der Waals surface area contributed by atoms with Crippen molar-refractivity contribution >= 4 is 40.9 Å². The van der Waals surface area contributed by atoms with Crippen molar-refractivity contribution in [2.24, 2.45) is 0 Å². The molecule has 204 valence electrons. The molecule has 0 aliphatic carbocycles. The number of benzene rings is 4. The fraction of sp³-hybridized carbons (Fsp3) is 0.281. The van der Waals surface area contributed by atoms with Crippen LogP contribution in [0.3, 0.4) is 0 Å². The summed E-state index contributed by atoms with van der Waals surface area (Å²) in [5, 5.41) is 4.58. The molecular weight excluding hydrogens is 530 g/mol. The second kappa shape index (κ2) is 13.9. The van der Waals surface area contributed by atoms with Gasteiger partial charge in [0, 0.05) is 23.9 Å². The summed E-state index contributed by atoms with van der Waals surface area (Å²) in [7, 11) is 1.75. The van der Waals surface area contributed by atoms with Crippen molar-refractivity contribution in [1.82, 2.24) is 5.06 Å². The molecule has 2 atom stereocenters. The number of esters is 1. The molecule has 0 amide bonds. The van der Waals surface area contributed by atoms with Crippen LogP contribution in [0, 0.1) is 0 Å². The summed E-state index contributed by atoms with van der Waals surface area (Å²) in [6, 6.07) is 31.1. The first-order valence-corrected chi connectivity index (χ1v) is 14.2. The van der Waals surface area contributed by atoms with E-state index < -0.39 is 0 Å². The lowest BCUT2D eigenvalue weighted by Crippen LogP contribution is -2.37. The van der Waals surface area contributed by atoms with Gasteiger partial charge in [0.25, 0.3) is 0 Å². The Labute approximate surface area is 240 Å². The summed E-state index contributed by atoms with van der Waals surface area (Å²) in [5.74, 6) is 1.15. The Balaban J connectivity index is 0.00000353. The predicted octanol–water partition coefficient (Wildman–Crippen LogP) is 7.35. The number of hydroxylamine groups is 2. The van der Waals surface area contributed by atoms with E-state index in [1.54, 1.807) is 13.2 Å². The van der Waals surface area contributed by atoms with E-state index in [1.165, 1.54) is 33.7 Å². The molecule has 4 aromatic carbocycles. The van der Waals surface area contributed by atoms with Crippen LogP contribution in [-0.4, -0.2) is 50.7 Å². The number of piperidine rings is 1. The first-order valence-electron chi connectivity index (χ1n) is 13.0. The van der Waals surface area contributed by atoms with E-state index in [9.17, 15) is 4.79 Å². The molecule has 1 fully saturated rings. The summed E-state index contributed by atoms with van der Waals surface area (Å²) in [5.41, 5.74) is 3.22. The zero-order chi connectivity index (χ0) is 26.3.